The van der Waals surface area contributed by atoms with Crippen molar-refractivity contribution >= 4 is 0 Å². The van der Waals surface area contributed by atoms with Gasteiger partial charge < -0.3 is 10.1 Å². The molecule has 1 N–H and O–H groups in total. The van der Waals surface area contributed by atoms with Gasteiger partial charge in [-0.3, -0.25) is 4.68 Å². The highest BCUT2D eigenvalue weighted by Gasteiger charge is 2.44. The van der Waals surface area contributed by atoms with Crippen molar-refractivity contribution in [3.8, 4) is 0 Å². The molecule has 1 aliphatic carbocycles. The molecule has 2 aliphatic rings. The van der Waals surface area contributed by atoms with Crippen LogP contribution in [-0.4, -0.2) is 28.5 Å². The summed E-state index contributed by atoms with van der Waals surface area (Å²) >= 11 is 0. The average molecular weight is 235 g/mol. The van der Waals surface area contributed by atoms with E-state index >= 15 is 0 Å². The summed E-state index contributed by atoms with van der Waals surface area (Å²) in [5.74, 6) is 0. The summed E-state index contributed by atoms with van der Waals surface area (Å²) in [6.07, 6.45) is 8.26. The summed E-state index contributed by atoms with van der Waals surface area (Å²) in [6.45, 7) is 1.77. The zero-order chi connectivity index (χ0) is 11.7. The Kier molecular flexibility index (Phi) is 2.92. The Bertz CT molecular complexity index is 374. The van der Waals surface area contributed by atoms with Gasteiger partial charge in [-0.2, -0.15) is 5.10 Å². The smallest absolute Gasteiger partial charge is 0.0893 e. The minimum atomic E-state index is 0.00481. The monoisotopic (exact) mass is 235 g/mol. The quantitative estimate of drug-likeness (QED) is 0.806. The van der Waals surface area contributed by atoms with Crippen LogP contribution in [0.1, 0.15) is 43.8 Å². The van der Waals surface area contributed by atoms with Crippen molar-refractivity contribution in [3.63, 3.8) is 0 Å². The molecule has 1 aromatic rings. The molecular formula is C13H21N3O. The van der Waals surface area contributed by atoms with E-state index in [0.717, 1.165) is 18.8 Å². The van der Waals surface area contributed by atoms with Crippen molar-refractivity contribution < 1.29 is 4.74 Å². The third kappa shape index (κ3) is 2.00. The van der Waals surface area contributed by atoms with Gasteiger partial charge in [-0.15, -0.1) is 0 Å². The van der Waals surface area contributed by atoms with Crippen LogP contribution in [0, 0.1) is 0 Å². The first kappa shape index (κ1) is 11.2. The molecular weight excluding hydrogens is 214 g/mol. The molecule has 2 fully saturated rings. The highest BCUT2D eigenvalue weighted by atomic mass is 16.5. The molecule has 1 aliphatic heterocycles. The van der Waals surface area contributed by atoms with Crippen LogP contribution in [-0.2, 0) is 11.8 Å². The molecule has 4 nitrogen and oxygen atoms in total. The van der Waals surface area contributed by atoms with Crippen LogP contribution in [0.3, 0.4) is 0 Å². The van der Waals surface area contributed by atoms with Crippen LogP contribution in [0.4, 0.5) is 0 Å². The maximum atomic E-state index is 6.17. The minimum absolute atomic E-state index is 0.00481. The number of hydrogen-bond donors (Lipinski definition) is 1. The van der Waals surface area contributed by atoms with Gasteiger partial charge in [-0.05, 0) is 18.9 Å². The molecule has 0 bridgehead atoms. The molecule has 1 saturated carbocycles. The maximum absolute atomic E-state index is 6.17. The highest BCUT2D eigenvalue weighted by molar-refractivity contribution is 5.14. The summed E-state index contributed by atoms with van der Waals surface area (Å²) < 4.78 is 8.05. The summed E-state index contributed by atoms with van der Waals surface area (Å²) in [7, 11) is 1.97. The Morgan fingerprint density at radius 2 is 2.24 bits per heavy atom. The van der Waals surface area contributed by atoms with Crippen molar-refractivity contribution in [2.24, 2.45) is 7.05 Å². The van der Waals surface area contributed by atoms with E-state index in [1.807, 2.05) is 17.9 Å². The Hall–Kier alpha value is -0.870. The predicted octanol–water partition coefficient (Wildman–Crippen LogP) is 1.78. The Morgan fingerprint density at radius 3 is 2.94 bits per heavy atom. The zero-order valence-corrected chi connectivity index (χ0v) is 10.5. The fraction of sp³-hybridized carbons (Fsp3) is 0.769. The number of rotatable bonds is 1. The lowest BCUT2D eigenvalue weighted by atomic mass is 9.77. The maximum Gasteiger partial charge on any atom is 0.0893 e. The molecule has 3 rings (SSSR count). The number of ether oxygens (including phenoxy) is 1. The van der Waals surface area contributed by atoms with Gasteiger partial charge in [0.1, 0.15) is 0 Å². The number of nitrogens with one attached hydrogen (secondary N) is 1. The number of nitrogens with zero attached hydrogens (tertiary/aromatic N) is 2. The fourth-order valence-electron chi connectivity index (χ4n) is 3.27. The highest BCUT2D eigenvalue weighted by Crippen LogP contribution is 2.42. The largest absolute Gasteiger partial charge is 0.372 e. The molecule has 1 unspecified atom stereocenters. The van der Waals surface area contributed by atoms with Crippen molar-refractivity contribution in [2.75, 3.05) is 13.2 Å². The van der Waals surface area contributed by atoms with Crippen molar-refractivity contribution in [1.29, 1.82) is 0 Å². The van der Waals surface area contributed by atoms with E-state index in [9.17, 15) is 0 Å². The van der Waals surface area contributed by atoms with Gasteiger partial charge in [0, 0.05) is 19.8 Å². The van der Waals surface area contributed by atoms with Crippen LogP contribution in [0.25, 0.3) is 0 Å². The number of aryl methyl sites for hydroxylation is 1. The predicted molar refractivity (Wildman–Crippen MR) is 65.7 cm³/mol. The zero-order valence-electron chi connectivity index (χ0n) is 10.5. The molecule has 2 heterocycles. The Balaban J connectivity index is 1.89. The van der Waals surface area contributed by atoms with Crippen LogP contribution < -0.4 is 5.32 Å². The molecule has 1 spiro atoms. The van der Waals surface area contributed by atoms with Gasteiger partial charge in [-0.25, -0.2) is 0 Å². The molecule has 94 valence electrons. The standard InChI is InChI=1S/C13H21N3O/c1-16-9-5-11(15-16)12-13(17-10-8-14-12)6-3-2-4-7-13/h5,9,12,14H,2-4,6-8,10H2,1H3. The van der Waals surface area contributed by atoms with Crippen molar-refractivity contribution in [3.05, 3.63) is 18.0 Å². The van der Waals surface area contributed by atoms with E-state index in [1.165, 1.54) is 32.1 Å². The molecule has 1 saturated heterocycles. The van der Waals surface area contributed by atoms with Crippen molar-refractivity contribution in [1.82, 2.24) is 15.1 Å². The van der Waals surface area contributed by atoms with E-state index in [0.29, 0.717) is 0 Å². The first-order chi connectivity index (χ1) is 8.30. The Labute approximate surface area is 102 Å². The summed E-state index contributed by atoms with van der Waals surface area (Å²) in [4.78, 5) is 0. The van der Waals surface area contributed by atoms with E-state index in [2.05, 4.69) is 16.5 Å². The summed E-state index contributed by atoms with van der Waals surface area (Å²) in [6, 6.07) is 2.39. The van der Waals surface area contributed by atoms with Gasteiger partial charge in [0.2, 0.25) is 0 Å². The fourth-order valence-corrected chi connectivity index (χ4v) is 3.27. The second kappa shape index (κ2) is 4.42. The number of aromatic nitrogens is 2. The van der Waals surface area contributed by atoms with E-state index < -0.39 is 0 Å². The van der Waals surface area contributed by atoms with Crippen LogP contribution in [0.2, 0.25) is 0 Å². The Morgan fingerprint density at radius 1 is 1.41 bits per heavy atom. The molecule has 0 amide bonds. The van der Waals surface area contributed by atoms with E-state index in [1.54, 1.807) is 0 Å². The molecule has 1 atom stereocenters. The minimum Gasteiger partial charge on any atom is -0.372 e. The summed E-state index contributed by atoms with van der Waals surface area (Å²) in [5, 5.41) is 8.17. The molecule has 0 radical (unpaired) electrons. The molecule has 17 heavy (non-hydrogen) atoms. The van der Waals surface area contributed by atoms with Gasteiger partial charge in [0.25, 0.3) is 0 Å². The van der Waals surface area contributed by atoms with Gasteiger partial charge >= 0.3 is 0 Å². The lowest BCUT2D eigenvalue weighted by molar-refractivity contribution is -0.120. The van der Waals surface area contributed by atoms with Crippen LogP contribution in [0.5, 0.6) is 0 Å². The van der Waals surface area contributed by atoms with Crippen LogP contribution in [0.15, 0.2) is 12.3 Å². The SMILES string of the molecule is Cn1ccc(C2NCCOC23CCCCC3)n1. The molecule has 0 aromatic carbocycles. The van der Waals surface area contributed by atoms with Crippen LogP contribution >= 0.6 is 0 Å². The molecule has 4 heteroatoms. The topological polar surface area (TPSA) is 39.1 Å². The van der Waals surface area contributed by atoms with Gasteiger partial charge in [0.05, 0.1) is 23.9 Å². The second-order valence-electron chi connectivity index (χ2n) is 5.28. The first-order valence-electron chi connectivity index (χ1n) is 6.67. The van der Waals surface area contributed by atoms with E-state index in [-0.39, 0.29) is 11.6 Å². The lowest BCUT2D eigenvalue weighted by Gasteiger charge is -2.46. The van der Waals surface area contributed by atoms with Gasteiger partial charge in [-0.1, -0.05) is 19.3 Å². The average Bonchev–Trinajstić information content (AvgIpc) is 2.77. The second-order valence-corrected chi connectivity index (χ2v) is 5.28. The van der Waals surface area contributed by atoms with E-state index in [4.69, 9.17) is 4.74 Å². The normalized spacial score (nSPS) is 28.4. The van der Waals surface area contributed by atoms with Crippen molar-refractivity contribution in [2.45, 2.75) is 43.7 Å². The van der Waals surface area contributed by atoms with Gasteiger partial charge in [0.15, 0.2) is 0 Å². The number of morpholine rings is 1. The lowest BCUT2D eigenvalue weighted by Crippen LogP contribution is -2.53. The number of hydrogen-bond acceptors (Lipinski definition) is 3. The third-order valence-corrected chi connectivity index (χ3v) is 4.10. The summed E-state index contributed by atoms with van der Waals surface area (Å²) in [5.41, 5.74) is 1.14. The molecule has 1 aromatic heterocycles. The third-order valence-electron chi connectivity index (χ3n) is 4.10. The first-order valence-corrected chi connectivity index (χ1v) is 6.67.